The third-order valence-corrected chi connectivity index (χ3v) is 4.32. The van der Waals surface area contributed by atoms with Crippen LogP contribution in [0.25, 0.3) is 10.9 Å². The van der Waals surface area contributed by atoms with Gasteiger partial charge >= 0.3 is 0 Å². The van der Waals surface area contributed by atoms with Gasteiger partial charge in [-0.1, -0.05) is 0 Å². The lowest BCUT2D eigenvalue weighted by Gasteiger charge is -2.08. The Morgan fingerprint density at radius 2 is 1.90 bits per heavy atom. The van der Waals surface area contributed by atoms with Crippen molar-refractivity contribution in [2.45, 2.75) is 17.7 Å². The summed E-state index contributed by atoms with van der Waals surface area (Å²) in [6.07, 6.45) is 3.64. The van der Waals surface area contributed by atoms with Gasteiger partial charge in [-0.15, -0.1) is 11.8 Å². The number of methoxy groups -OCH3 is 1. The van der Waals surface area contributed by atoms with Gasteiger partial charge < -0.3 is 4.74 Å². The summed E-state index contributed by atoms with van der Waals surface area (Å²) in [5.74, 6) is 1.73. The molecule has 21 heavy (non-hydrogen) atoms. The molecule has 0 amide bonds. The first-order chi connectivity index (χ1) is 10.3. The molecule has 106 valence electrons. The molecule has 0 N–H and O–H groups in total. The smallest absolute Gasteiger partial charge is 0.121 e. The second-order valence-electron chi connectivity index (χ2n) is 4.80. The van der Waals surface area contributed by atoms with Crippen LogP contribution in [0.2, 0.25) is 0 Å². The van der Waals surface area contributed by atoms with Gasteiger partial charge in [-0.25, -0.2) is 4.98 Å². The molecule has 3 aromatic rings. The number of fused-ring (bicyclic) bond motifs is 1. The summed E-state index contributed by atoms with van der Waals surface area (Å²) in [6, 6.07) is 12.2. The van der Waals surface area contributed by atoms with Crippen molar-refractivity contribution in [2.24, 2.45) is 0 Å². The van der Waals surface area contributed by atoms with Gasteiger partial charge in [0, 0.05) is 29.6 Å². The molecule has 2 heterocycles. The largest absolute Gasteiger partial charge is 0.497 e. The van der Waals surface area contributed by atoms with Crippen LogP contribution in [0.1, 0.15) is 11.1 Å². The van der Waals surface area contributed by atoms with Crippen molar-refractivity contribution in [2.75, 3.05) is 7.11 Å². The Kier molecular flexibility index (Phi) is 4.06. The molecule has 0 radical (unpaired) electrons. The van der Waals surface area contributed by atoms with E-state index >= 15 is 0 Å². The summed E-state index contributed by atoms with van der Waals surface area (Å²) in [5, 5.41) is 2.20. The Labute approximate surface area is 128 Å². The summed E-state index contributed by atoms with van der Waals surface area (Å²) in [5.41, 5.74) is 3.46. The molecule has 0 saturated carbocycles. The number of pyridine rings is 2. The van der Waals surface area contributed by atoms with Crippen molar-refractivity contribution < 1.29 is 4.74 Å². The zero-order chi connectivity index (χ0) is 14.7. The molecule has 0 saturated heterocycles. The molecule has 2 aromatic heterocycles. The van der Waals surface area contributed by atoms with Crippen LogP contribution >= 0.6 is 11.8 Å². The second-order valence-corrected chi connectivity index (χ2v) is 5.80. The highest BCUT2D eigenvalue weighted by Crippen LogP contribution is 2.28. The SMILES string of the molecule is COc1ccc2c(C)cc(SCc3ccncc3)nc2c1. The minimum atomic E-state index is 0.839. The van der Waals surface area contributed by atoms with Crippen LogP contribution in [0.5, 0.6) is 5.75 Å². The van der Waals surface area contributed by atoms with Crippen LogP contribution in [-0.4, -0.2) is 17.1 Å². The molecule has 0 bridgehead atoms. The highest BCUT2D eigenvalue weighted by molar-refractivity contribution is 7.98. The van der Waals surface area contributed by atoms with E-state index in [4.69, 9.17) is 9.72 Å². The van der Waals surface area contributed by atoms with Crippen LogP contribution in [-0.2, 0) is 5.75 Å². The van der Waals surface area contributed by atoms with Crippen molar-refractivity contribution in [3.05, 3.63) is 59.9 Å². The lowest BCUT2D eigenvalue weighted by Crippen LogP contribution is -1.90. The van der Waals surface area contributed by atoms with E-state index < -0.39 is 0 Å². The summed E-state index contributed by atoms with van der Waals surface area (Å²) >= 11 is 1.74. The zero-order valence-electron chi connectivity index (χ0n) is 12.0. The molecule has 3 rings (SSSR count). The van der Waals surface area contributed by atoms with Gasteiger partial charge in [0.25, 0.3) is 0 Å². The van der Waals surface area contributed by atoms with Crippen molar-refractivity contribution in [1.29, 1.82) is 0 Å². The summed E-state index contributed by atoms with van der Waals surface area (Å²) in [4.78, 5) is 8.76. The van der Waals surface area contributed by atoms with Crippen molar-refractivity contribution in [3.8, 4) is 5.75 Å². The van der Waals surface area contributed by atoms with Gasteiger partial charge in [-0.2, -0.15) is 0 Å². The highest BCUT2D eigenvalue weighted by Gasteiger charge is 2.05. The maximum atomic E-state index is 5.28. The Morgan fingerprint density at radius 3 is 2.67 bits per heavy atom. The fraction of sp³-hybridized carbons (Fsp3) is 0.176. The number of nitrogens with zero attached hydrogens (tertiary/aromatic N) is 2. The summed E-state index contributed by atoms with van der Waals surface area (Å²) in [6.45, 7) is 2.12. The lowest BCUT2D eigenvalue weighted by atomic mass is 10.1. The zero-order valence-corrected chi connectivity index (χ0v) is 12.9. The third-order valence-electron chi connectivity index (χ3n) is 3.34. The standard InChI is InChI=1S/C17H16N2OS/c1-12-9-17(21-11-13-5-7-18-8-6-13)19-16-10-14(20-2)3-4-15(12)16/h3-10H,11H2,1-2H3. The highest BCUT2D eigenvalue weighted by atomic mass is 32.2. The van der Waals surface area contributed by atoms with Crippen LogP contribution in [0.3, 0.4) is 0 Å². The Hall–Kier alpha value is -2.07. The van der Waals surface area contributed by atoms with Gasteiger partial charge in [0.2, 0.25) is 0 Å². The van der Waals surface area contributed by atoms with Crippen LogP contribution in [0.4, 0.5) is 0 Å². The number of ether oxygens (including phenoxy) is 1. The summed E-state index contributed by atoms with van der Waals surface area (Å²) < 4.78 is 5.28. The first-order valence-corrected chi connectivity index (χ1v) is 7.72. The van der Waals surface area contributed by atoms with E-state index in [1.165, 1.54) is 16.5 Å². The fourth-order valence-electron chi connectivity index (χ4n) is 2.19. The minimum absolute atomic E-state index is 0.839. The molecular formula is C17H16N2OS. The number of aromatic nitrogens is 2. The van der Waals surface area contributed by atoms with Gasteiger partial charge in [-0.05, 0) is 48.4 Å². The molecule has 0 aliphatic heterocycles. The number of hydrogen-bond donors (Lipinski definition) is 0. The quantitative estimate of drug-likeness (QED) is 0.675. The van der Waals surface area contributed by atoms with Crippen molar-refractivity contribution in [3.63, 3.8) is 0 Å². The molecule has 0 aliphatic carbocycles. The molecule has 0 unspecified atom stereocenters. The molecule has 0 fully saturated rings. The summed E-state index contributed by atoms with van der Waals surface area (Å²) in [7, 11) is 1.68. The molecule has 4 heteroatoms. The monoisotopic (exact) mass is 296 g/mol. The average Bonchev–Trinajstić information content (AvgIpc) is 2.53. The number of aryl methyl sites for hydroxylation is 1. The number of thioether (sulfide) groups is 1. The van der Waals surface area contributed by atoms with E-state index in [0.717, 1.165) is 22.0 Å². The van der Waals surface area contributed by atoms with Gasteiger partial charge in [0.15, 0.2) is 0 Å². The topological polar surface area (TPSA) is 35.0 Å². The Morgan fingerprint density at radius 1 is 1.10 bits per heavy atom. The lowest BCUT2D eigenvalue weighted by molar-refractivity contribution is 0.415. The predicted octanol–water partition coefficient (Wildman–Crippen LogP) is 4.24. The fourth-order valence-corrected chi connectivity index (χ4v) is 3.12. The number of rotatable bonds is 4. The maximum Gasteiger partial charge on any atom is 0.121 e. The number of hydrogen-bond acceptors (Lipinski definition) is 4. The van der Waals surface area contributed by atoms with Crippen molar-refractivity contribution >= 4 is 22.7 Å². The van der Waals surface area contributed by atoms with Crippen LogP contribution in [0, 0.1) is 6.92 Å². The minimum Gasteiger partial charge on any atom is -0.497 e. The number of benzene rings is 1. The predicted molar refractivity (Wildman–Crippen MR) is 86.8 cm³/mol. The van der Waals surface area contributed by atoms with E-state index in [0.29, 0.717) is 0 Å². The van der Waals surface area contributed by atoms with Crippen molar-refractivity contribution in [1.82, 2.24) is 9.97 Å². The maximum absolute atomic E-state index is 5.28. The Balaban J connectivity index is 1.88. The normalized spacial score (nSPS) is 10.8. The van der Waals surface area contributed by atoms with Gasteiger partial charge in [-0.3, -0.25) is 4.98 Å². The van der Waals surface area contributed by atoms with E-state index in [9.17, 15) is 0 Å². The molecule has 1 aromatic carbocycles. The average molecular weight is 296 g/mol. The molecule has 0 atom stereocenters. The van der Waals surface area contributed by atoms with E-state index in [-0.39, 0.29) is 0 Å². The Bertz CT molecular complexity index is 759. The van der Waals surface area contributed by atoms with E-state index in [1.54, 1.807) is 18.9 Å². The van der Waals surface area contributed by atoms with Gasteiger partial charge in [0.1, 0.15) is 5.75 Å². The molecule has 3 nitrogen and oxygen atoms in total. The van der Waals surface area contributed by atoms with E-state index in [1.807, 2.05) is 36.7 Å². The molecule has 0 spiro atoms. The van der Waals surface area contributed by atoms with Crippen LogP contribution < -0.4 is 4.74 Å². The third kappa shape index (κ3) is 3.16. The van der Waals surface area contributed by atoms with E-state index in [2.05, 4.69) is 24.0 Å². The molecule has 0 aliphatic rings. The second kappa shape index (κ2) is 6.14. The molecular weight excluding hydrogens is 280 g/mol. The van der Waals surface area contributed by atoms with Crippen LogP contribution in [0.15, 0.2) is 53.8 Å². The van der Waals surface area contributed by atoms with Gasteiger partial charge in [0.05, 0.1) is 17.7 Å². The first kappa shape index (κ1) is 13.9. The first-order valence-electron chi connectivity index (χ1n) is 6.73.